The third kappa shape index (κ3) is 16.1. The number of aliphatic hydroxyl groups excluding tert-OH is 1. The summed E-state index contributed by atoms with van der Waals surface area (Å²) in [6.07, 6.45) is 12.6. The number of ketones is 2. The summed E-state index contributed by atoms with van der Waals surface area (Å²) in [6, 6.07) is 21.7. The summed E-state index contributed by atoms with van der Waals surface area (Å²) in [4.78, 5) is 33.0. The van der Waals surface area contributed by atoms with Gasteiger partial charge in [-0.25, -0.2) is 0 Å². The standard InChI is InChI=1S/C23H26O6.C12H14O3.C11H12O3/c1-26-20-11-7-16(13-22(20)28-3)5-9-18(24)15-19(25)10-6-17-8-12-21(27-2)23(14-17)29-4;1-9(13)4-5-10-6-7-11(14-2)12(8-10)15-3;1-13-10-6-5-9(4-3-7-12)8-11(10)14-2/h5-14,18,24H,15H2,1-4H3;4-8H,1-3H3;3-8H,1-2H3/b9-5+,10-6+;5-4+;4-3+. The molecule has 0 amide bonds. The second-order valence-corrected chi connectivity index (χ2v) is 11.8. The van der Waals surface area contributed by atoms with E-state index in [1.54, 1.807) is 130 Å². The third-order valence-corrected chi connectivity index (χ3v) is 7.89. The molecule has 4 rings (SSSR count). The number of carbonyl (C=O) groups excluding carboxylic acids is 3. The average Bonchev–Trinajstić information content (AvgIpc) is 3.25. The van der Waals surface area contributed by atoms with Gasteiger partial charge in [-0.2, -0.15) is 0 Å². The topological polar surface area (TPSA) is 145 Å². The Morgan fingerprint density at radius 2 is 0.828 bits per heavy atom. The lowest BCUT2D eigenvalue weighted by Crippen LogP contribution is -2.08. The van der Waals surface area contributed by atoms with Crippen LogP contribution < -0.4 is 37.9 Å². The van der Waals surface area contributed by atoms with Gasteiger partial charge in [-0.15, -0.1) is 0 Å². The van der Waals surface area contributed by atoms with Gasteiger partial charge in [0.25, 0.3) is 0 Å². The lowest BCUT2D eigenvalue weighted by Gasteiger charge is -2.08. The molecular weight excluding hydrogens is 744 g/mol. The normalized spacial score (nSPS) is 11.2. The zero-order chi connectivity index (χ0) is 42.9. The highest BCUT2D eigenvalue weighted by Crippen LogP contribution is 2.30. The molecule has 0 bridgehead atoms. The minimum Gasteiger partial charge on any atom is -0.493 e. The van der Waals surface area contributed by atoms with Crippen LogP contribution in [0.2, 0.25) is 0 Å². The highest BCUT2D eigenvalue weighted by atomic mass is 16.5. The maximum atomic E-state index is 12.1. The molecule has 1 N–H and O–H groups in total. The van der Waals surface area contributed by atoms with Crippen molar-refractivity contribution in [3.05, 3.63) is 119 Å². The number of aliphatic hydroxyl groups is 1. The summed E-state index contributed by atoms with van der Waals surface area (Å²) >= 11 is 0. The Morgan fingerprint density at radius 3 is 1.16 bits per heavy atom. The lowest BCUT2D eigenvalue weighted by atomic mass is 10.1. The second-order valence-electron chi connectivity index (χ2n) is 11.8. The smallest absolute Gasteiger partial charge is 0.161 e. The van der Waals surface area contributed by atoms with E-state index in [2.05, 4.69) is 0 Å². The van der Waals surface area contributed by atoms with Crippen LogP contribution in [0.1, 0.15) is 35.6 Å². The SMILES string of the molecule is COc1ccc(/C=C/C(=O)CC(O)/C=C/c2ccc(OC)c(OC)c2)cc1OC.COc1ccc(/C=C/C(C)=O)cc1OC.COc1ccc(/C=C/C=O)cc1OC. The van der Waals surface area contributed by atoms with Crippen LogP contribution in [0.15, 0.2) is 97.1 Å². The Balaban J connectivity index is 0.000000335. The second kappa shape index (κ2) is 26.1. The van der Waals surface area contributed by atoms with Gasteiger partial charge in [0.1, 0.15) is 6.29 Å². The molecule has 0 saturated carbocycles. The van der Waals surface area contributed by atoms with Crippen molar-refractivity contribution in [1.82, 2.24) is 0 Å². The van der Waals surface area contributed by atoms with E-state index in [1.807, 2.05) is 30.3 Å². The zero-order valence-electron chi connectivity index (χ0n) is 34.3. The zero-order valence-corrected chi connectivity index (χ0v) is 34.3. The predicted molar refractivity (Wildman–Crippen MR) is 227 cm³/mol. The Morgan fingerprint density at radius 1 is 0.500 bits per heavy atom. The molecule has 0 aliphatic carbocycles. The molecule has 12 heteroatoms. The van der Waals surface area contributed by atoms with Crippen LogP contribution in [-0.2, 0) is 14.4 Å². The summed E-state index contributed by atoms with van der Waals surface area (Å²) in [5.41, 5.74) is 3.43. The molecule has 0 heterocycles. The van der Waals surface area contributed by atoms with Crippen LogP contribution in [0.5, 0.6) is 46.0 Å². The molecule has 12 nitrogen and oxygen atoms in total. The van der Waals surface area contributed by atoms with Crippen LogP contribution in [0.4, 0.5) is 0 Å². The summed E-state index contributed by atoms with van der Waals surface area (Å²) < 4.78 is 41.3. The fraction of sp³-hybridized carbons (Fsp3) is 0.239. The fourth-order valence-corrected chi connectivity index (χ4v) is 4.94. The molecule has 0 radical (unpaired) electrons. The highest BCUT2D eigenvalue weighted by Gasteiger charge is 2.08. The average molecular weight is 797 g/mol. The van der Waals surface area contributed by atoms with Crippen LogP contribution in [0.3, 0.4) is 0 Å². The summed E-state index contributed by atoms with van der Waals surface area (Å²) in [5, 5.41) is 10.1. The molecular formula is C46H52O12. The molecule has 0 fully saturated rings. The molecule has 0 spiro atoms. The van der Waals surface area contributed by atoms with E-state index in [4.69, 9.17) is 37.9 Å². The van der Waals surface area contributed by atoms with Crippen molar-refractivity contribution >= 4 is 42.2 Å². The molecule has 58 heavy (non-hydrogen) atoms. The first kappa shape index (κ1) is 47.4. The summed E-state index contributed by atoms with van der Waals surface area (Å²) in [6.45, 7) is 1.51. The highest BCUT2D eigenvalue weighted by molar-refractivity contribution is 5.94. The largest absolute Gasteiger partial charge is 0.493 e. The Hall–Kier alpha value is -6.79. The van der Waals surface area contributed by atoms with Crippen molar-refractivity contribution in [2.45, 2.75) is 19.4 Å². The van der Waals surface area contributed by atoms with Crippen molar-refractivity contribution in [3.63, 3.8) is 0 Å². The van der Waals surface area contributed by atoms with Crippen LogP contribution in [0.25, 0.3) is 24.3 Å². The van der Waals surface area contributed by atoms with E-state index in [1.165, 1.54) is 25.2 Å². The van der Waals surface area contributed by atoms with Crippen LogP contribution >= 0.6 is 0 Å². The van der Waals surface area contributed by atoms with Crippen molar-refractivity contribution in [3.8, 4) is 46.0 Å². The minimum atomic E-state index is -0.898. The molecule has 0 aliphatic heterocycles. The van der Waals surface area contributed by atoms with Gasteiger partial charge < -0.3 is 43.0 Å². The number of allylic oxidation sites excluding steroid dienone is 3. The summed E-state index contributed by atoms with van der Waals surface area (Å²) in [5.74, 6) is 4.91. The Bertz CT molecular complexity index is 2040. The molecule has 0 aliphatic rings. The quantitative estimate of drug-likeness (QED) is 0.0770. The number of hydrogen-bond acceptors (Lipinski definition) is 12. The molecule has 308 valence electrons. The van der Waals surface area contributed by atoms with Crippen molar-refractivity contribution in [2.24, 2.45) is 0 Å². The molecule has 4 aromatic carbocycles. The van der Waals surface area contributed by atoms with Crippen molar-refractivity contribution < 1.29 is 57.4 Å². The maximum Gasteiger partial charge on any atom is 0.161 e. The first-order valence-electron chi connectivity index (χ1n) is 17.7. The number of carbonyl (C=O) groups is 3. The molecule has 1 atom stereocenters. The van der Waals surface area contributed by atoms with Gasteiger partial charge in [0.2, 0.25) is 0 Å². The number of ether oxygens (including phenoxy) is 8. The number of methoxy groups -OCH3 is 8. The van der Waals surface area contributed by atoms with Crippen molar-refractivity contribution in [1.29, 1.82) is 0 Å². The number of aldehydes is 1. The van der Waals surface area contributed by atoms with E-state index >= 15 is 0 Å². The lowest BCUT2D eigenvalue weighted by molar-refractivity contribution is -0.116. The van der Waals surface area contributed by atoms with Crippen LogP contribution in [-0.4, -0.2) is 85.9 Å². The number of rotatable bonds is 18. The van der Waals surface area contributed by atoms with Gasteiger partial charge in [-0.3, -0.25) is 14.4 Å². The van der Waals surface area contributed by atoms with E-state index in [0.29, 0.717) is 46.0 Å². The van der Waals surface area contributed by atoms with Gasteiger partial charge in [-0.1, -0.05) is 54.6 Å². The van der Waals surface area contributed by atoms with Crippen molar-refractivity contribution in [2.75, 3.05) is 56.9 Å². The fourth-order valence-electron chi connectivity index (χ4n) is 4.94. The van der Waals surface area contributed by atoms with E-state index in [0.717, 1.165) is 28.5 Å². The molecule has 0 saturated heterocycles. The molecule has 0 aromatic heterocycles. The summed E-state index contributed by atoms with van der Waals surface area (Å²) in [7, 11) is 12.6. The monoisotopic (exact) mass is 796 g/mol. The third-order valence-electron chi connectivity index (χ3n) is 7.89. The van der Waals surface area contributed by atoms with Gasteiger partial charge in [-0.05, 0) is 95.9 Å². The number of benzene rings is 4. The number of hydrogen-bond donors (Lipinski definition) is 1. The first-order chi connectivity index (χ1) is 28.0. The van der Waals surface area contributed by atoms with Gasteiger partial charge in [0.15, 0.2) is 57.6 Å². The van der Waals surface area contributed by atoms with Gasteiger partial charge >= 0.3 is 0 Å². The van der Waals surface area contributed by atoms with E-state index < -0.39 is 6.10 Å². The van der Waals surface area contributed by atoms with Crippen LogP contribution in [0, 0.1) is 0 Å². The molecule has 1 unspecified atom stereocenters. The van der Waals surface area contributed by atoms with E-state index in [9.17, 15) is 19.5 Å². The predicted octanol–water partition coefficient (Wildman–Crippen LogP) is 7.99. The van der Waals surface area contributed by atoms with E-state index in [-0.39, 0.29) is 18.0 Å². The van der Waals surface area contributed by atoms with Gasteiger partial charge in [0, 0.05) is 6.42 Å². The molecule has 4 aromatic rings. The Kier molecular flexibility index (Phi) is 21.3. The Labute approximate surface area is 340 Å². The minimum absolute atomic E-state index is 0.0183. The maximum absolute atomic E-state index is 12.1. The first-order valence-corrected chi connectivity index (χ1v) is 17.7. The van der Waals surface area contributed by atoms with Gasteiger partial charge in [0.05, 0.1) is 63.0 Å².